The summed E-state index contributed by atoms with van der Waals surface area (Å²) in [6.45, 7) is 7.07. The third-order valence-corrected chi connectivity index (χ3v) is 2.23. The molecule has 0 bridgehead atoms. The van der Waals surface area contributed by atoms with Gasteiger partial charge in [-0.15, -0.1) is 0 Å². The number of likely N-dealkylation sites (N-methyl/N-ethyl adjacent to an activating group) is 1. The van der Waals surface area contributed by atoms with Crippen molar-refractivity contribution in [2.45, 2.75) is 26.3 Å². The first kappa shape index (κ1) is 13.4. The van der Waals surface area contributed by atoms with E-state index >= 15 is 0 Å². The van der Waals surface area contributed by atoms with Crippen LogP contribution in [0.2, 0.25) is 0 Å². The molecule has 0 fully saturated rings. The van der Waals surface area contributed by atoms with Gasteiger partial charge in [0.05, 0.1) is 13.5 Å². The Labute approximate surface area is 86.6 Å². The number of methoxy groups -OCH3 is 1. The van der Waals surface area contributed by atoms with Crippen molar-refractivity contribution in [2.75, 3.05) is 33.8 Å². The fraction of sp³-hybridized carbons (Fsp3) is 0.900. The lowest BCUT2D eigenvalue weighted by atomic mass is 10.2. The standard InChI is InChI=1S/C10H22N2O2/c1-5-12(3)7-6-11-9(2)8-10(13)14-4/h9,11H,5-8H2,1-4H3. The van der Waals surface area contributed by atoms with E-state index in [-0.39, 0.29) is 12.0 Å². The average Bonchev–Trinajstić information content (AvgIpc) is 2.17. The molecule has 4 nitrogen and oxygen atoms in total. The minimum atomic E-state index is -0.158. The lowest BCUT2D eigenvalue weighted by Gasteiger charge is -2.17. The maximum absolute atomic E-state index is 10.9. The van der Waals surface area contributed by atoms with Gasteiger partial charge >= 0.3 is 5.97 Å². The smallest absolute Gasteiger partial charge is 0.307 e. The Balaban J connectivity index is 3.44. The van der Waals surface area contributed by atoms with Crippen molar-refractivity contribution < 1.29 is 9.53 Å². The van der Waals surface area contributed by atoms with Crippen LogP contribution < -0.4 is 5.32 Å². The summed E-state index contributed by atoms with van der Waals surface area (Å²) in [5.41, 5.74) is 0. The summed E-state index contributed by atoms with van der Waals surface area (Å²) >= 11 is 0. The largest absolute Gasteiger partial charge is 0.469 e. The third kappa shape index (κ3) is 6.86. The summed E-state index contributed by atoms with van der Waals surface area (Å²) in [6, 6.07) is 0.188. The van der Waals surface area contributed by atoms with Crippen LogP contribution >= 0.6 is 0 Å². The van der Waals surface area contributed by atoms with Crippen molar-refractivity contribution in [3.8, 4) is 0 Å². The van der Waals surface area contributed by atoms with Crippen LogP contribution in [0.1, 0.15) is 20.3 Å². The molecule has 0 rings (SSSR count). The Morgan fingerprint density at radius 3 is 2.71 bits per heavy atom. The number of carbonyl (C=O) groups is 1. The molecule has 14 heavy (non-hydrogen) atoms. The van der Waals surface area contributed by atoms with Crippen LogP contribution in [0, 0.1) is 0 Å². The normalized spacial score (nSPS) is 12.9. The van der Waals surface area contributed by atoms with E-state index in [1.54, 1.807) is 0 Å². The second-order valence-corrected chi connectivity index (χ2v) is 3.53. The highest BCUT2D eigenvalue weighted by Crippen LogP contribution is 1.92. The molecule has 0 aliphatic heterocycles. The van der Waals surface area contributed by atoms with Crippen molar-refractivity contribution in [2.24, 2.45) is 0 Å². The topological polar surface area (TPSA) is 41.6 Å². The minimum absolute atomic E-state index is 0.158. The Bertz CT molecular complexity index is 162. The van der Waals surface area contributed by atoms with E-state index < -0.39 is 0 Å². The molecule has 0 aromatic rings. The summed E-state index contributed by atoms with van der Waals surface area (Å²) in [5, 5.41) is 3.27. The molecule has 1 atom stereocenters. The zero-order valence-electron chi connectivity index (χ0n) is 9.67. The van der Waals surface area contributed by atoms with Gasteiger partial charge in [0.15, 0.2) is 0 Å². The molecular formula is C10H22N2O2. The lowest BCUT2D eigenvalue weighted by Crippen LogP contribution is -2.35. The van der Waals surface area contributed by atoms with Gasteiger partial charge in [0.25, 0.3) is 0 Å². The molecule has 1 unspecified atom stereocenters. The zero-order chi connectivity index (χ0) is 11.0. The second-order valence-electron chi connectivity index (χ2n) is 3.53. The predicted molar refractivity (Wildman–Crippen MR) is 57.3 cm³/mol. The molecule has 0 aromatic carbocycles. The molecule has 4 heteroatoms. The molecule has 84 valence electrons. The molecule has 0 amide bonds. The molecular weight excluding hydrogens is 180 g/mol. The Hall–Kier alpha value is -0.610. The minimum Gasteiger partial charge on any atom is -0.469 e. The Kier molecular flexibility index (Phi) is 7.42. The molecule has 0 aliphatic rings. The zero-order valence-corrected chi connectivity index (χ0v) is 9.67. The van der Waals surface area contributed by atoms with Crippen molar-refractivity contribution in [1.29, 1.82) is 0 Å². The van der Waals surface area contributed by atoms with E-state index in [1.165, 1.54) is 7.11 Å². The first-order valence-electron chi connectivity index (χ1n) is 5.08. The van der Waals surface area contributed by atoms with Gasteiger partial charge in [0.2, 0.25) is 0 Å². The van der Waals surface area contributed by atoms with E-state index in [4.69, 9.17) is 0 Å². The number of ether oxygens (including phenoxy) is 1. The first-order chi connectivity index (χ1) is 6.60. The molecule has 0 aromatic heterocycles. The molecule has 0 radical (unpaired) electrons. The predicted octanol–water partition coefficient (Wildman–Crippen LogP) is 0.479. The number of nitrogens with one attached hydrogen (secondary N) is 1. The number of nitrogens with zero attached hydrogens (tertiary/aromatic N) is 1. The highest BCUT2D eigenvalue weighted by molar-refractivity contribution is 5.69. The SMILES string of the molecule is CCN(C)CCNC(C)CC(=O)OC. The Morgan fingerprint density at radius 1 is 1.57 bits per heavy atom. The van der Waals surface area contributed by atoms with Crippen LogP contribution in [0.3, 0.4) is 0 Å². The highest BCUT2D eigenvalue weighted by Gasteiger charge is 2.07. The monoisotopic (exact) mass is 202 g/mol. The van der Waals surface area contributed by atoms with Crippen LogP contribution in [-0.2, 0) is 9.53 Å². The molecule has 0 aliphatic carbocycles. The van der Waals surface area contributed by atoms with E-state index in [1.807, 2.05) is 6.92 Å². The number of hydrogen-bond acceptors (Lipinski definition) is 4. The van der Waals surface area contributed by atoms with Gasteiger partial charge in [-0.05, 0) is 20.5 Å². The van der Waals surface area contributed by atoms with Crippen LogP contribution in [0.15, 0.2) is 0 Å². The van der Waals surface area contributed by atoms with Gasteiger partial charge in [-0.3, -0.25) is 4.79 Å². The average molecular weight is 202 g/mol. The molecule has 0 saturated heterocycles. The fourth-order valence-electron chi connectivity index (χ4n) is 1.07. The second kappa shape index (κ2) is 7.76. The maximum atomic E-state index is 10.9. The van der Waals surface area contributed by atoms with Gasteiger partial charge < -0.3 is 15.0 Å². The highest BCUT2D eigenvalue weighted by atomic mass is 16.5. The number of rotatable bonds is 7. The molecule has 1 N–H and O–H groups in total. The van der Waals surface area contributed by atoms with Gasteiger partial charge in [-0.2, -0.15) is 0 Å². The lowest BCUT2D eigenvalue weighted by molar-refractivity contribution is -0.141. The van der Waals surface area contributed by atoms with Gasteiger partial charge in [-0.1, -0.05) is 6.92 Å². The summed E-state index contributed by atoms with van der Waals surface area (Å²) in [7, 11) is 3.49. The van der Waals surface area contributed by atoms with E-state index in [2.05, 4.69) is 28.9 Å². The van der Waals surface area contributed by atoms with Crippen molar-refractivity contribution in [3.63, 3.8) is 0 Å². The van der Waals surface area contributed by atoms with Crippen LogP contribution in [-0.4, -0.2) is 50.7 Å². The third-order valence-electron chi connectivity index (χ3n) is 2.23. The summed E-state index contributed by atoms with van der Waals surface area (Å²) < 4.78 is 4.58. The molecule has 0 heterocycles. The molecule has 0 spiro atoms. The number of esters is 1. The summed E-state index contributed by atoms with van der Waals surface area (Å²) in [6.07, 6.45) is 0.437. The van der Waals surface area contributed by atoms with Crippen molar-refractivity contribution in [1.82, 2.24) is 10.2 Å². The van der Waals surface area contributed by atoms with Gasteiger partial charge in [-0.25, -0.2) is 0 Å². The van der Waals surface area contributed by atoms with Gasteiger partial charge in [0, 0.05) is 19.1 Å². The quantitative estimate of drug-likeness (QED) is 0.610. The Morgan fingerprint density at radius 2 is 2.21 bits per heavy atom. The summed E-state index contributed by atoms with van der Waals surface area (Å²) in [5.74, 6) is -0.158. The van der Waals surface area contributed by atoms with Crippen molar-refractivity contribution >= 4 is 5.97 Å². The maximum Gasteiger partial charge on any atom is 0.307 e. The summed E-state index contributed by atoms with van der Waals surface area (Å²) in [4.78, 5) is 13.1. The van der Waals surface area contributed by atoms with E-state index in [9.17, 15) is 4.79 Å². The van der Waals surface area contributed by atoms with Gasteiger partial charge in [0.1, 0.15) is 0 Å². The van der Waals surface area contributed by atoms with Crippen LogP contribution in [0.4, 0.5) is 0 Å². The fourth-order valence-corrected chi connectivity index (χ4v) is 1.07. The van der Waals surface area contributed by atoms with E-state index in [0.29, 0.717) is 6.42 Å². The first-order valence-corrected chi connectivity index (χ1v) is 5.08. The van der Waals surface area contributed by atoms with Crippen LogP contribution in [0.5, 0.6) is 0 Å². The van der Waals surface area contributed by atoms with E-state index in [0.717, 1.165) is 19.6 Å². The van der Waals surface area contributed by atoms with Crippen LogP contribution in [0.25, 0.3) is 0 Å². The number of hydrogen-bond donors (Lipinski definition) is 1. The number of carbonyl (C=O) groups excluding carboxylic acids is 1. The van der Waals surface area contributed by atoms with Crippen molar-refractivity contribution in [3.05, 3.63) is 0 Å². The molecule has 0 saturated carbocycles.